The molecule has 1 fully saturated rings. The van der Waals surface area contributed by atoms with Crippen molar-refractivity contribution in [2.24, 2.45) is 0 Å². The highest BCUT2D eigenvalue weighted by Gasteiger charge is 2.26. The summed E-state index contributed by atoms with van der Waals surface area (Å²) in [4.78, 5) is 24.1. The van der Waals surface area contributed by atoms with Gasteiger partial charge >= 0.3 is 12.0 Å². The van der Waals surface area contributed by atoms with Gasteiger partial charge < -0.3 is 19.3 Å². The molecule has 0 saturated carbocycles. The van der Waals surface area contributed by atoms with Gasteiger partial charge in [0.2, 0.25) is 5.88 Å². The molecule has 0 bridgehead atoms. The predicted octanol–water partition coefficient (Wildman–Crippen LogP) is 1.79. The second kappa shape index (κ2) is 7.82. The Morgan fingerprint density at radius 2 is 2.05 bits per heavy atom. The van der Waals surface area contributed by atoms with Gasteiger partial charge in [-0.1, -0.05) is 0 Å². The maximum Gasteiger partial charge on any atom is 0.319 e. The molecule has 0 aliphatic carbocycles. The zero-order valence-electron chi connectivity index (χ0n) is 13.5. The second-order valence-electron chi connectivity index (χ2n) is 5.14. The van der Waals surface area contributed by atoms with Crippen molar-refractivity contribution in [3.05, 3.63) is 12.3 Å². The summed E-state index contributed by atoms with van der Waals surface area (Å²) in [7, 11) is 1.52. The fourth-order valence-corrected chi connectivity index (χ4v) is 2.52. The Morgan fingerprint density at radius 1 is 1.36 bits per heavy atom. The molecule has 1 aromatic heterocycles. The fourth-order valence-electron chi connectivity index (χ4n) is 2.52. The lowest BCUT2D eigenvalue weighted by atomic mass is 10.1. The van der Waals surface area contributed by atoms with Crippen molar-refractivity contribution in [3.63, 3.8) is 0 Å². The number of nitrogens with zero attached hydrogens (tertiary/aromatic N) is 4. The van der Waals surface area contributed by atoms with Gasteiger partial charge in [-0.25, -0.2) is 9.78 Å². The third kappa shape index (κ3) is 3.99. The molecular weight excluding hydrogens is 284 g/mol. The van der Waals surface area contributed by atoms with Crippen LogP contribution in [0.3, 0.4) is 0 Å². The molecule has 0 spiro atoms. The lowest BCUT2D eigenvalue weighted by molar-refractivity contribution is 0.0930. The van der Waals surface area contributed by atoms with Gasteiger partial charge in [-0.05, 0) is 13.8 Å². The number of piperidine rings is 1. The number of carbonyl (C=O) groups is 1. The van der Waals surface area contributed by atoms with Crippen molar-refractivity contribution >= 4 is 6.03 Å². The monoisotopic (exact) mass is 308 g/mol. The second-order valence-corrected chi connectivity index (χ2v) is 5.14. The van der Waals surface area contributed by atoms with Crippen molar-refractivity contribution in [2.45, 2.75) is 32.8 Å². The van der Waals surface area contributed by atoms with Crippen molar-refractivity contribution < 1.29 is 14.3 Å². The quantitative estimate of drug-likeness (QED) is 0.829. The number of likely N-dealkylation sites (tertiary alicyclic amines) is 1. The molecule has 2 amide bonds. The first kappa shape index (κ1) is 16.3. The molecular formula is C15H24N4O3. The average Bonchev–Trinajstić information content (AvgIpc) is 2.56. The van der Waals surface area contributed by atoms with Gasteiger partial charge in [0.15, 0.2) is 0 Å². The largest absolute Gasteiger partial charge is 0.474 e. The van der Waals surface area contributed by atoms with Gasteiger partial charge in [0, 0.05) is 51.3 Å². The topological polar surface area (TPSA) is 67.8 Å². The first-order chi connectivity index (χ1) is 10.7. The van der Waals surface area contributed by atoms with E-state index in [1.807, 2.05) is 23.6 Å². The molecule has 1 aliphatic heterocycles. The van der Waals surface area contributed by atoms with Gasteiger partial charge in [-0.15, -0.1) is 0 Å². The molecule has 0 aromatic carbocycles. The molecule has 0 atom stereocenters. The highest BCUT2D eigenvalue weighted by molar-refractivity contribution is 5.74. The van der Waals surface area contributed by atoms with E-state index >= 15 is 0 Å². The first-order valence-corrected chi connectivity index (χ1v) is 7.75. The molecule has 0 N–H and O–H groups in total. The molecule has 122 valence electrons. The number of amides is 2. The minimum Gasteiger partial charge on any atom is -0.474 e. The molecule has 22 heavy (non-hydrogen) atoms. The maximum absolute atomic E-state index is 12.3. The van der Waals surface area contributed by atoms with E-state index in [-0.39, 0.29) is 12.1 Å². The molecule has 2 heterocycles. The Bertz CT molecular complexity index is 485. The van der Waals surface area contributed by atoms with Gasteiger partial charge in [0.25, 0.3) is 0 Å². The van der Waals surface area contributed by atoms with Crippen LogP contribution in [0.4, 0.5) is 4.79 Å². The summed E-state index contributed by atoms with van der Waals surface area (Å²) < 4.78 is 10.8. The highest BCUT2D eigenvalue weighted by Crippen LogP contribution is 2.19. The van der Waals surface area contributed by atoms with Crippen molar-refractivity contribution in [1.82, 2.24) is 19.8 Å². The number of rotatable bonds is 5. The van der Waals surface area contributed by atoms with Crippen LogP contribution in [0.15, 0.2) is 12.3 Å². The van der Waals surface area contributed by atoms with E-state index in [9.17, 15) is 4.79 Å². The van der Waals surface area contributed by atoms with E-state index in [4.69, 9.17) is 9.47 Å². The summed E-state index contributed by atoms with van der Waals surface area (Å²) in [6.45, 7) is 6.91. The third-order valence-corrected chi connectivity index (χ3v) is 3.82. The summed E-state index contributed by atoms with van der Waals surface area (Å²) in [5, 5.41) is 0. The molecule has 0 radical (unpaired) electrons. The third-order valence-electron chi connectivity index (χ3n) is 3.82. The van der Waals surface area contributed by atoms with Crippen LogP contribution in [-0.2, 0) is 0 Å². The van der Waals surface area contributed by atoms with E-state index in [2.05, 4.69) is 9.97 Å². The number of carbonyl (C=O) groups excluding carboxylic acids is 1. The summed E-state index contributed by atoms with van der Waals surface area (Å²) in [6.07, 6.45) is 3.29. The fraction of sp³-hybridized carbons (Fsp3) is 0.667. The van der Waals surface area contributed by atoms with Gasteiger partial charge in [0.05, 0.1) is 7.11 Å². The Morgan fingerprint density at radius 3 is 2.64 bits per heavy atom. The van der Waals surface area contributed by atoms with Crippen LogP contribution in [0.5, 0.6) is 11.9 Å². The van der Waals surface area contributed by atoms with E-state index < -0.39 is 0 Å². The molecule has 0 unspecified atom stereocenters. The van der Waals surface area contributed by atoms with Gasteiger partial charge in [0.1, 0.15) is 6.10 Å². The van der Waals surface area contributed by atoms with Gasteiger partial charge in [-0.2, -0.15) is 4.98 Å². The molecule has 2 rings (SSSR count). The Labute approximate surface area is 131 Å². The van der Waals surface area contributed by atoms with Crippen molar-refractivity contribution in [2.75, 3.05) is 33.3 Å². The lowest BCUT2D eigenvalue weighted by Gasteiger charge is -2.35. The van der Waals surface area contributed by atoms with E-state index in [0.717, 1.165) is 25.9 Å². The Hall–Kier alpha value is -2.05. The SMILES string of the molecule is CCN(CC)C(=O)N1CCC(Oc2ccnc(OC)n2)CC1. The highest BCUT2D eigenvalue weighted by atomic mass is 16.5. The predicted molar refractivity (Wildman–Crippen MR) is 82.1 cm³/mol. The minimum atomic E-state index is 0.0698. The van der Waals surface area contributed by atoms with Crippen LogP contribution in [0, 0.1) is 0 Å². The van der Waals surface area contributed by atoms with Crippen molar-refractivity contribution in [3.8, 4) is 11.9 Å². The lowest BCUT2D eigenvalue weighted by Crippen LogP contribution is -2.48. The minimum absolute atomic E-state index is 0.0698. The average molecular weight is 308 g/mol. The molecule has 7 heteroatoms. The number of methoxy groups -OCH3 is 1. The summed E-state index contributed by atoms with van der Waals surface area (Å²) >= 11 is 0. The molecule has 7 nitrogen and oxygen atoms in total. The smallest absolute Gasteiger partial charge is 0.319 e. The van der Waals surface area contributed by atoms with E-state index in [1.165, 1.54) is 7.11 Å². The van der Waals surface area contributed by atoms with Crippen LogP contribution in [0.1, 0.15) is 26.7 Å². The van der Waals surface area contributed by atoms with Crippen molar-refractivity contribution in [1.29, 1.82) is 0 Å². The molecule has 1 aromatic rings. The summed E-state index contributed by atoms with van der Waals surface area (Å²) in [5.74, 6) is 0.514. The zero-order chi connectivity index (χ0) is 15.9. The van der Waals surface area contributed by atoms with E-state index in [1.54, 1.807) is 12.3 Å². The Balaban J connectivity index is 1.85. The first-order valence-electron chi connectivity index (χ1n) is 7.75. The number of aromatic nitrogens is 2. The van der Waals surface area contributed by atoms with Crippen LogP contribution >= 0.6 is 0 Å². The zero-order valence-corrected chi connectivity index (χ0v) is 13.5. The number of urea groups is 1. The number of hydrogen-bond acceptors (Lipinski definition) is 5. The van der Waals surface area contributed by atoms with Crippen LogP contribution in [0.2, 0.25) is 0 Å². The van der Waals surface area contributed by atoms with E-state index in [0.29, 0.717) is 25.0 Å². The normalized spacial score (nSPS) is 15.5. The van der Waals surface area contributed by atoms with Crippen LogP contribution in [0.25, 0.3) is 0 Å². The molecule has 1 aliphatic rings. The maximum atomic E-state index is 12.3. The van der Waals surface area contributed by atoms with Crippen LogP contribution in [-0.4, -0.2) is 65.2 Å². The van der Waals surface area contributed by atoms with Gasteiger partial charge in [-0.3, -0.25) is 0 Å². The Kier molecular flexibility index (Phi) is 5.80. The molecule has 1 saturated heterocycles. The number of ether oxygens (including phenoxy) is 2. The summed E-state index contributed by atoms with van der Waals surface area (Å²) in [6, 6.07) is 2.13. The van der Waals surface area contributed by atoms with Crippen LogP contribution < -0.4 is 9.47 Å². The summed E-state index contributed by atoms with van der Waals surface area (Å²) in [5.41, 5.74) is 0. The number of hydrogen-bond donors (Lipinski definition) is 0. The standard InChI is InChI=1S/C15H24N4O3/c1-4-18(5-2)15(20)19-10-7-12(8-11-19)22-13-6-9-16-14(17-13)21-3/h6,9,12H,4-5,7-8,10-11H2,1-3H3.